The monoisotopic (exact) mass is 387 g/mol. The van der Waals surface area contributed by atoms with Crippen molar-refractivity contribution in [2.24, 2.45) is 5.10 Å². The summed E-state index contributed by atoms with van der Waals surface area (Å²) in [5.74, 6) is -0.0699. The summed E-state index contributed by atoms with van der Waals surface area (Å²) in [7, 11) is 0. The third-order valence-electron chi connectivity index (χ3n) is 4.90. The van der Waals surface area contributed by atoms with Gasteiger partial charge in [-0.15, -0.1) is 5.10 Å². The number of nitrogens with one attached hydrogen (secondary N) is 1. The molecule has 6 nitrogen and oxygen atoms in total. The Labute approximate surface area is 168 Å². The van der Waals surface area contributed by atoms with Crippen LogP contribution in [0.1, 0.15) is 31.9 Å². The van der Waals surface area contributed by atoms with E-state index in [1.54, 1.807) is 18.2 Å². The van der Waals surface area contributed by atoms with Crippen molar-refractivity contribution in [2.75, 3.05) is 5.32 Å². The predicted molar refractivity (Wildman–Crippen MR) is 112 cm³/mol. The van der Waals surface area contributed by atoms with Gasteiger partial charge in [0.15, 0.2) is 0 Å². The van der Waals surface area contributed by atoms with Crippen LogP contribution in [0.5, 0.6) is 0 Å². The molecular formula is C23H21N3O3. The number of ether oxygens (including phenoxy) is 1. The third-order valence-corrected chi connectivity index (χ3v) is 4.90. The average molecular weight is 387 g/mol. The Morgan fingerprint density at radius 3 is 2.45 bits per heavy atom. The first kappa shape index (κ1) is 18.7. The van der Waals surface area contributed by atoms with Crippen LogP contribution in [-0.4, -0.2) is 22.7 Å². The van der Waals surface area contributed by atoms with Crippen molar-refractivity contribution < 1.29 is 14.3 Å². The highest BCUT2D eigenvalue weighted by Gasteiger charge is 2.45. The highest BCUT2D eigenvalue weighted by atomic mass is 16.6. The number of rotatable bonds is 3. The number of hydrazone groups is 1. The first-order valence-corrected chi connectivity index (χ1v) is 9.32. The Bertz CT molecular complexity index is 1150. The number of amides is 2. The molecule has 0 aromatic heterocycles. The lowest BCUT2D eigenvalue weighted by atomic mass is 9.99. The summed E-state index contributed by atoms with van der Waals surface area (Å²) in [4.78, 5) is 23.7. The fourth-order valence-electron chi connectivity index (χ4n) is 3.52. The number of hydrogen-bond donors (Lipinski definition) is 1. The van der Waals surface area contributed by atoms with Gasteiger partial charge in [-0.2, -0.15) is 5.01 Å². The zero-order chi connectivity index (χ0) is 20.6. The number of hydrogen-bond acceptors (Lipinski definition) is 4. The topological polar surface area (TPSA) is 71.0 Å². The normalized spacial score (nSPS) is 18.3. The molecule has 0 radical (unpaired) electrons. The van der Waals surface area contributed by atoms with Crippen molar-refractivity contribution in [3.8, 4) is 0 Å². The first-order chi connectivity index (χ1) is 13.9. The fourth-order valence-corrected chi connectivity index (χ4v) is 3.52. The van der Waals surface area contributed by atoms with E-state index in [-0.39, 0.29) is 11.8 Å². The Hall–Kier alpha value is -3.67. The molecule has 0 fully saturated rings. The lowest BCUT2D eigenvalue weighted by Crippen LogP contribution is -2.41. The van der Waals surface area contributed by atoms with Crippen LogP contribution in [0.3, 0.4) is 0 Å². The second kappa shape index (κ2) is 7.05. The number of carbonyl (C=O) groups excluding carboxylic acids is 2. The largest absolute Gasteiger partial charge is 0.443 e. The fraction of sp³-hybridized carbons (Fsp3) is 0.174. The maximum Gasteiger partial charge on any atom is 0.243 e. The minimum Gasteiger partial charge on any atom is -0.443 e. The van der Waals surface area contributed by atoms with Gasteiger partial charge in [-0.1, -0.05) is 42.5 Å². The molecule has 1 heterocycles. The van der Waals surface area contributed by atoms with E-state index in [0.717, 1.165) is 16.3 Å². The van der Waals surface area contributed by atoms with E-state index in [4.69, 9.17) is 4.74 Å². The summed E-state index contributed by atoms with van der Waals surface area (Å²) in [6, 6.07) is 21.2. The highest BCUT2D eigenvalue weighted by molar-refractivity contribution is 5.99. The van der Waals surface area contributed by atoms with Gasteiger partial charge in [-0.05, 0) is 35.0 Å². The van der Waals surface area contributed by atoms with E-state index >= 15 is 0 Å². The van der Waals surface area contributed by atoms with Gasteiger partial charge >= 0.3 is 0 Å². The van der Waals surface area contributed by atoms with Crippen molar-refractivity contribution in [3.05, 3.63) is 77.9 Å². The smallest absolute Gasteiger partial charge is 0.243 e. The van der Waals surface area contributed by atoms with E-state index in [1.807, 2.05) is 55.5 Å². The van der Waals surface area contributed by atoms with E-state index in [2.05, 4.69) is 10.4 Å². The molecule has 6 heteroatoms. The van der Waals surface area contributed by atoms with Gasteiger partial charge in [0.1, 0.15) is 0 Å². The van der Waals surface area contributed by atoms with Crippen LogP contribution in [0, 0.1) is 0 Å². The molecule has 0 unspecified atom stereocenters. The summed E-state index contributed by atoms with van der Waals surface area (Å²) in [6.45, 7) is 4.74. The lowest BCUT2D eigenvalue weighted by molar-refractivity contribution is -0.146. The zero-order valence-corrected chi connectivity index (χ0v) is 16.5. The quantitative estimate of drug-likeness (QED) is 0.732. The summed E-state index contributed by atoms with van der Waals surface area (Å²) in [6.07, 6.45) is 0. The van der Waals surface area contributed by atoms with E-state index < -0.39 is 5.72 Å². The molecule has 2 amide bonds. The summed E-state index contributed by atoms with van der Waals surface area (Å²) < 4.78 is 6.25. The van der Waals surface area contributed by atoms with Crippen molar-refractivity contribution in [1.82, 2.24) is 5.01 Å². The minimum absolute atomic E-state index is 0.164. The molecule has 0 saturated carbocycles. The molecule has 0 aliphatic carbocycles. The van der Waals surface area contributed by atoms with Gasteiger partial charge in [-0.25, -0.2) is 0 Å². The molecule has 3 aromatic carbocycles. The second-order valence-electron chi connectivity index (χ2n) is 7.14. The molecule has 1 aliphatic rings. The summed E-state index contributed by atoms with van der Waals surface area (Å²) >= 11 is 0. The molecule has 1 atom stereocenters. The van der Waals surface area contributed by atoms with Crippen LogP contribution in [0.4, 0.5) is 5.69 Å². The third kappa shape index (κ3) is 3.45. The van der Waals surface area contributed by atoms with E-state index in [0.29, 0.717) is 17.1 Å². The molecule has 3 aromatic rings. The Balaban J connectivity index is 1.74. The molecular weight excluding hydrogens is 366 g/mol. The van der Waals surface area contributed by atoms with Crippen molar-refractivity contribution in [2.45, 2.75) is 26.5 Å². The van der Waals surface area contributed by atoms with E-state index in [9.17, 15) is 9.59 Å². The van der Waals surface area contributed by atoms with Crippen LogP contribution < -0.4 is 5.32 Å². The summed E-state index contributed by atoms with van der Waals surface area (Å²) in [5, 5.41) is 10.7. The standard InChI is InChI=1S/C23H21N3O3/c1-15(27)24-21-10-6-9-19(14-21)22-25-26(16(2)28)23(3,29-22)20-12-11-17-7-4-5-8-18(17)13-20/h4-14H,1-3H3,(H,24,27)/t23-/m0/s1. The zero-order valence-electron chi connectivity index (χ0n) is 16.5. The van der Waals surface area contributed by atoms with Gasteiger partial charge in [0, 0.05) is 37.6 Å². The molecule has 1 N–H and O–H groups in total. The molecule has 0 spiro atoms. The predicted octanol–water partition coefficient (Wildman–Crippen LogP) is 4.21. The second-order valence-corrected chi connectivity index (χ2v) is 7.14. The van der Waals surface area contributed by atoms with Crippen LogP contribution in [0.2, 0.25) is 0 Å². The van der Waals surface area contributed by atoms with Crippen LogP contribution in [0.25, 0.3) is 10.8 Å². The Morgan fingerprint density at radius 2 is 1.72 bits per heavy atom. The molecule has 0 bridgehead atoms. The van der Waals surface area contributed by atoms with Crippen LogP contribution in [0.15, 0.2) is 71.8 Å². The molecule has 29 heavy (non-hydrogen) atoms. The van der Waals surface area contributed by atoms with Crippen molar-refractivity contribution in [1.29, 1.82) is 0 Å². The minimum atomic E-state index is -1.07. The molecule has 0 saturated heterocycles. The SMILES string of the molecule is CC(=O)Nc1cccc(C2=NN(C(C)=O)[C@](C)(c3ccc4ccccc4c3)O2)c1. The number of fused-ring (bicyclic) bond motifs is 1. The average Bonchev–Trinajstić information content (AvgIpc) is 3.06. The maximum absolute atomic E-state index is 12.4. The van der Waals surface area contributed by atoms with Gasteiger partial charge < -0.3 is 10.1 Å². The maximum atomic E-state index is 12.4. The summed E-state index contributed by atoms with van der Waals surface area (Å²) in [5.41, 5.74) is 1.06. The van der Waals surface area contributed by atoms with Gasteiger partial charge in [0.25, 0.3) is 0 Å². The Morgan fingerprint density at radius 1 is 0.966 bits per heavy atom. The van der Waals surface area contributed by atoms with Crippen molar-refractivity contribution in [3.63, 3.8) is 0 Å². The van der Waals surface area contributed by atoms with Crippen LogP contribution >= 0.6 is 0 Å². The van der Waals surface area contributed by atoms with Gasteiger partial charge in [0.05, 0.1) is 0 Å². The number of benzene rings is 3. The molecule has 146 valence electrons. The van der Waals surface area contributed by atoms with Gasteiger partial charge in [-0.3, -0.25) is 9.59 Å². The number of nitrogens with zero attached hydrogens (tertiary/aromatic N) is 2. The highest BCUT2D eigenvalue weighted by Crippen LogP contribution is 2.37. The first-order valence-electron chi connectivity index (χ1n) is 9.32. The van der Waals surface area contributed by atoms with Crippen LogP contribution in [-0.2, 0) is 20.1 Å². The van der Waals surface area contributed by atoms with Crippen molar-refractivity contribution >= 4 is 34.2 Å². The van der Waals surface area contributed by atoms with E-state index in [1.165, 1.54) is 18.9 Å². The number of carbonyl (C=O) groups is 2. The lowest BCUT2D eigenvalue weighted by Gasteiger charge is -2.31. The molecule has 1 aliphatic heterocycles. The number of anilines is 1. The Kier molecular flexibility index (Phi) is 4.54. The molecule has 4 rings (SSSR count). The van der Waals surface area contributed by atoms with Gasteiger partial charge in [0.2, 0.25) is 23.4 Å².